The number of piperazine rings is 1. The number of nitriles is 1. The fourth-order valence-electron chi connectivity index (χ4n) is 3.29. The maximum absolute atomic E-state index is 11.0. The van der Waals surface area contributed by atoms with E-state index in [0.717, 1.165) is 42.8 Å². The van der Waals surface area contributed by atoms with E-state index in [9.17, 15) is 15.4 Å². The lowest BCUT2D eigenvalue weighted by Crippen LogP contribution is -2.46. The van der Waals surface area contributed by atoms with Crippen LogP contribution in [0.1, 0.15) is 16.1 Å². The first-order valence-corrected chi connectivity index (χ1v) is 9.71. The summed E-state index contributed by atoms with van der Waals surface area (Å²) >= 11 is 1.71. The summed E-state index contributed by atoms with van der Waals surface area (Å²) in [5.41, 5.74) is 2.03. The molecule has 8 nitrogen and oxygen atoms in total. The van der Waals surface area contributed by atoms with Gasteiger partial charge in [-0.05, 0) is 26.0 Å². The average molecular weight is 394 g/mol. The van der Waals surface area contributed by atoms with E-state index >= 15 is 0 Å². The van der Waals surface area contributed by atoms with E-state index in [-0.39, 0.29) is 5.69 Å². The highest BCUT2D eigenvalue weighted by Gasteiger charge is 2.22. The molecule has 142 valence electrons. The van der Waals surface area contributed by atoms with Crippen LogP contribution in [0.5, 0.6) is 0 Å². The summed E-state index contributed by atoms with van der Waals surface area (Å²) in [6.45, 7) is 7.31. The standard InChI is InChI=1S/C19H18N6O2S/c1-12-13(2)28-19(21-12)24-7-5-23(6-8-24)18-9-14(11-20)16-10-15(25(26)27)3-4-17(16)22-18/h3-4,9-10H,5-8H2,1-2H3. The molecule has 1 saturated heterocycles. The molecule has 0 N–H and O–H groups in total. The van der Waals surface area contributed by atoms with Gasteiger partial charge in [-0.1, -0.05) is 0 Å². The fraction of sp³-hybridized carbons (Fsp3) is 0.316. The van der Waals surface area contributed by atoms with Crippen molar-refractivity contribution in [3.8, 4) is 6.07 Å². The number of pyridine rings is 1. The Hall–Kier alpha value is -3.25. The topological polar surface area (TPSA) is 99.2 Å². The number of benzene rings is 1. The van der Waals surface area contributed by atoms with Gasteiger partial charge in [0.25, 0.3) is 5.69 Å². The molecule has 1 aromatic carbocycles. The van der Waals surface area contributed by atoms with Gasteiger partial charge < -0.3 is 9.80 Å². The number of thiazole rings is 1. The Morgan fingerprint density at radius 3 is 2.46 bits per heavy atom. The third kappa shape index (κ3) is 3.23. The second-order valence-corrected chi connectivity index (χ2v) is 7.89. The molecule has 1 aliphatic rings. The number of hydrogen-bond acceptors (Lipinski definition) is 8. The van der Waals surface area contributed by atoms with Gasteiger partial charge in [0.1, 0.15) is 5.82 Å². The first-order valence-electron chi connectivity index (χ1n) is 8.89. The molecular formula is C19H18N6O2S. The van der Waals surface area contributed by atoms with E-state index in [1.54, 1.807) is 23.5 Å². The van der Waals surface area contributed by atoms with Crippen LogP contribution in [0.2, 0.25) is 0 Å². The van der Waals surface area contributed by atoms with Crippen LogP contribution in [0.3, 0.4) is 0 Å². The molecule has 9 heteroatoms. The monoisotopic (exact) mass is 394 g/mol. The van der Waals surface area contributed by atoms with Crippen LogP contribution in [-0.2, 0) is 0 Å². The quantitative estimate of drug-likeness (QED) is 0.496. The van der Waals surface area contributed by atoms with Gasteiger partial charge >= 0.3 is 0 Å². The minimum atomic E-state index is -0.463. The molecule has 4 rings (SSSR count). The first-order chi connectivity index (χ1) is 13.5. The van der Waals surface area contributed by atoms with Crippen molar-refractivity contribution in [3.05, 3.63) is 50.5 Å². The van der Waals surface area contributed by atoms with Gasteiger partial charge in [-0.2, -0.15) is 5.26 Å². The molecule has 0 radical (unpaired) electrons. The Morgan fingerprint density at radius 2 is 1.86 bits per heavy atom. The molecule has 0 spiro atoms. The molecule has 0 unspecified atom stereocenters. The predicted octanol–water partition coefficient (Wildman–Crippen LogP) is 3.41. The molecule has 1 aliphatic heterocycles. The van der Waals surface area contributed by atoms with Gasteiger partial charge in [-0.15, -0.1) is 11.3 Å². The number of anilines is 2. The van der Waals surface area contributed by atoms with Gasteiger partial charge in [0.05, 0.1) is 27.8 Å². The number of aryl methyl sites for hydroxylation is 2. The summed E-state index contributed by atoms with van der Waals surface area (Å²) in [6.07, 6.45) is 0. The number of non-ortho nitro benzene ring substituents is 1. The summed E-state index contributed by atoms with van der Waals surface area (Å²) < 4.78 is 0. The molecular weight excluding hydrogens is 376 g/mol. The molecule has 1 fully saturated rings. The second kappa shape index (κ2) is 7.05. The van der Waals surface area contributed by atoms with Gasteiger partial charge in [-0.25, -0.2) is 9.97 Å². The number of aromatic nitrogens is 2. The Balaban J connectivity index is 1.59. The zero-order chi connectivity index (χ0) is 19.8. The van der Waals surface area contributed by atoms with E-state index in [0.29, 0.717) is 16.5 Å². The average Bonchev–Trinajstić information content (AvgIpc) is 3.05. The molecule has 0 aliphatic carbocycles. The maximum Gasteiger partial charge on any atom is 0.270 e. The number of nitro groups is 1. The van der Waals surface area contributed by atoms with Gasteiger partial charge in [0.15, 0.2) is 5.13 Å². The molecule has 0 bridgehead atoms. The Morgan fingerprint density at radius 1 is 1.14 bits per heavy atom. The van der Waals surface area contributed by atoms with Crippen LogP contribution in [-0.4, -0.2) is 41.1 Å². The highest BCUT2D eigenvalue weighted by atomic mass is 32.1. The number of nitro benzene ring substituents is 1. The summed E-state index contributed by atoms with van der Waals surface area (Å²) in [4.78, 5) is 25.5. The van der Waals surface area contributed by atoms with Crippen molar-refractivity contribution in [3.63, 3.8) is 0 Å². The largest absolute Gasteiger partial charge is 0.353 e. The fourth-order valence-corrected chi connectivity index (χ4v) is 4.25. The molecule has 2 aromatic heterocycles. The van der Waals surface area contributed by atoms with E-state index < -0.39 is 4.92 Å². The number of rotatable bonds is 3. The molecule has 28 heavy (non-hydrogen) atoms. The molecule has 0 saturated carbocycles. The molecule has 0 atom stereocenters. The first kappa shape index (κ1) is 18.1. The summed E-state index contributed by atoms with van der Waals surface area (Å²) in [5.74, 6) is 0.726. The highest BCUT2D eigenvalue weighted by Crippen LogP contribution is 2.29. The molecule has 3 heterocycles. The van der Waals surface area contributed by atoms with Gasteiger partial charge in [-0.3, -0.25) is 10.1 Å². The SMILES string of the molecule is Cc1nc(N2CCN(c3cc(C#N)c4cc([N+](=O)[O-])ccc4n3)CC2)sc1C. The lowest BCUT2D eigenvalue weighted by atomic mass is 10.1. The molecule has 3 aromatic rings. The van der Waals surface area contributed by atoms with Gasteiger partial charge in [0.2, 0.25) is 0 Å². The highest BCUT2D eigenvalue weighted by molar-refractivity contribution is 7.15. The lowest BCUT2D eigenvalue weighted by Gasteiger charge is -2.35. The number of fused-ring (bicyclic) bond motifs is 1. The third-order valence-electron chi connectivity index (χ3n) is 5.00. The van der Waals surface area contributed by atoms with Crippen molar-refractivity contribution in [1.29, 1.82) is 5.26 Å². The second-order valence-electron chi connectivity index (χ2n) is 6.71. The minimum absolute atomic E-state index is 0.0406. The predicted molar refractivity (Wildman–Crippen MR) is 109 cm³/mol. The van der Waals surface area contributed by atoms with Crippen LogP contribution in [0.4, 0.5) is 16.6 Å². The van der Waals surface area contributed by atoms with Crippen LogP contribution in [0, 0.1) is 35.3 Å². The van der Waals surface area contributed by atoms with Crippen molar-refractivity contribution in [2.45, 2.75) is 13.8 Å². The normalized spacial score (nSPS) is 14.3. The van der Waals surface area contributed by atoms with Crippen LogP contribution >= 0.6 is 11.3 Å². The van der Waals surface area contributed by atoms with Crippen LogP contribution in [0.25, 0.3) is 10.9 Å². The summed E-state index contributed by atoms with van der Waals surface area (Å²) in [7, 11) is 0. The number of nitrogens with zero attached hydrogens (tertiary/aromatic N) is 6. The number of hydrogen-bond donors (Lipinski definition) is 0. The van der Waals surface area contributed by atoms with Crippen molar-refractivity contribution in [2.24, 2.45) is 0 Å². The third-order valence-corrected chi connectivity index (χ3v) is 6.14. The van der Waals surface area contributed by atoms with E-state index in [1.165, 1.54) is 17.0 Å². The summed E-state index contributed by atoms with van der Waals surface area (Å²) in [5, 5.41) is 22.1. The molecule has 0 amide bonds. The van der Waals surface area contributed by atoms with E-state index in [2.05, 4.69) is 32.8 Å². The van der Waals surface area contributed by atoms with E-state index in [4.69, 9.17) is 0 Å². The van der Waals surface area contributed by atoms with Crippen molar-refractivity contribution < 1.29 is 4.92 Å². The van der Waals surface area contributed by atoms with E-state index in [1.807, 2.05) is 6.92 Å². The maximum atomic E-state index is 11.0. The Labute approximate surface area is 165 Å². The van der Waals surface area contributed by atoms with Crippen molar-refractivity contribution >= 4 is 38.9 Å². The lowest BCUT2D eigenvalue weighted by molar-refractivity contribution is -0.384. The minimum Gasteiger partial charge on any atom is -0.353 e. The Bertz CT molecular complexity index is 1090. The Kier molecular flexibility index (Phi) is 4.57. The van der Waals surface area contributed by atoms with Crippen LogP contribution in [0.15, 0.2) is 24.3 Å². The zero-order valence-electron chi connectivity index (χ0n) is 15.5. The zero-order valence-corrected chi connectivity index (χ0v) is 16.4. The van der Waals surface area contributed by atoms with Crippen molar-refractivity contribution in [2.75, 3.05) is 36.0 Å². The van der Waals surface area contributed by atoms with Crippen molar-refractivity contribution in [1.82, 2.24) is 9.97 Å². The summed E-state index contributed by atoms with van der Waals surface area (Å²) in [6, 6.07) is 8.31. The van der Waals surface area contributed by atoms with Gasteiger partial charge in [0, 0.05) is 48.6 Å². The smallest absolute Gasteiger partial charge is 0.270 e. The van der Waals surface area contributed by atoms with Crippen LogP contribution < -0.4 is 9.80 Å².